The Bertz CT molecular complexity index is 419. The van der Waals surface area contributed by atoms with E-state index in [4.69, 9.17) is 5.11 Å². The minimum Gasteiger partial charge on any atom is -0.480 e. The molecular weight excluding hydrogens is 260 g/mol. The molecule has 0 aromatic carbocycles. The van der Waals surface area contributed by atoms with Gasteiger partial charge in [-0.15, -0.1) is 0 Å². The summed E-state index contributed by atoms with van der Waals surface area (Å²) in [5.74, 6) is -1.01. The number of nitrogens with zero attached hydrogens (tertiary/aromatic N) is 2. The van der Waals surface area contributed by atoms with Gasteiger partial charge in [-0.1, -0.05) is 19.8 Å². The van der Waals surface area contributed by atoms with E-state index in [9.17, 15) is 9.59 Å². The van der Waals surface area contributed by atoms with Crippen LogP contribution in [0.2, 0.25) is 0 Å². The molecule has 20 heavy (non-hydrogen) atoms. The van der Waals surface area contributed by atoms with E-state index in [2.05, 4.69) is 15.7 Å². The Labute approximate surface area is 118 Å². The van der Waals surface area contributed by atoms with Gasteiger partial charge in [0, 0.05) is 18.4 Å². The van der Waals surface area contributed by atoms with Crippen LogP contribution in [0.3, 0.4) is 0 Å². The van der Waals surface area contributed by atoms with Crippen molar-refractivity contribution < 1.29 is 14.7 Å². The summed E-state index contributed by atoms with van der Waals surface area (Å²) in [6.45, 7) is 4.35. The van der Waals surface area contributed by atoms with Gasteiger partial charge in [-0.05, 0) is 19.4 Å². The van der Waals surface area contributed by atoms with E-state index < -0.39 is 18.0 Å². The summed E-state index contributed by atoms with van der Waals surface area (Å²) in [6, 6.07) is 0.355. The van der Waals surface area contributed by atoms with Crippen molar-refractivity contribution in [1.82, 2.24) is 20.4 Å². The monoisotopic (exact) mass is 282 g/mol. The van der Waals surface area contributed by atoms with Crippen molar-refractivity contribution in [1.29, 1.82) is 0 Å². The first kappa shape index (κ1) is 16.0. The van der Waals surface area contributed by atoms with Crippen LogP contribution in [-0.4, -0.2) is 39.0 Å². The Hall–Kier alpha value is -2.05. The molecule has 1 aromatic rings. The van der Waals surface area contributed by atoms with Crippen LogP contribution in [0, 0.1) is 0 Å². The minimum absolute atomic E-state index is 0.143. The molecule has 0 radical (unpaired) electrons. The number of aromatic nitrogens is 2. The van der Waals surface area contributed by atoms with Crippen molar-refractivity contribution in [3.8, 4) is 0 Å². The standard InChI is InChI=1S/C13H22N4O3/c1-3-4-6-11(12(18)19)16-13(20)15-10(2)9-17-8-5-7-14-17/h5,7-8,10-11H,3-4,6,9H2,1-2H3,(H,18,19)(H2,15,16,20)/t10?,11-/m0/s1. The summed E-state index contributed by atoms with van der Waals surface area (Å²) in [4.78, 5) is 22.8. The van der Waals surface area contributed by atoms with Gasteiger partial charge in [0.25, 0.3) is 0 Å². The van der Waals surface area contributed by atoms with Gasteiger partial charge in [-0.2, -0.15) is 5.10 Å². The molecule has 2 atom stereocenters. The van der Waals surface area contributed by atoms with E-state index in [1.807, 2.05) is 13.8 Å². The smallest absolute Gasteiger partial charge is 0.326 e. The van der Waals surface area contributed by atoms with Crippen molar-refractivity contribution in [3.05, 3.63) is 18.5 Å². The van der Waals surface area contributed by atoms with Crippen molar-refractivity contribution >= 4 is 12.0 Å². The van der Waals surface area contributed by atoms with Crippen molar-refractivity contribution in [2.45, 2.75) is 51.7 Å². The van der Waals surface area contributed by atoms with Crippen LogP contribution in [0.4, 0.5) is 4.79 Å². The highest BCUT2D eigenvalue weighted by atomic mass is 16.4. The lowest BCUT2D eigenvalue weighted by Gasteiger charge is -2.18. The number of carboxylic acids is 1. The highest BCUT2D eigenvalue weighted by molar-refractivity contribution is 5.82. The first-order valence-corrected chi connectivity index (χ1v) is 6.80. The number of carbonyl (C=O) groups is 2. The summed E-state index contributed by atoms with van der Waals surface area (Å²) in [7, 11) is 0. The summed E-state index contributed by atoms with van der Waals surface area (Å²) >= 11 is 0. The average Bonchev–Trinajstić information content (AvgIpc) is 2.86. The van der Waals surface area contributed by atoms with Crippen molar-refractivity contribution in [2.24, 2.45) is 0 Å². The number of hydrogen-bond donors (Lipinski definition) is 3. The third kappa shape index (κ3) is 5.73. The number of aliphatic carboxylic acids is 1. The maximum atomic E-state index is 11.7. The predicted octanol–water partition coefficient (Wildman–Crippen LogP) is 1.21. The summed E-state index contributed by atoms with van der Waals surface area (Å²) in [6.07, 6.45) is 5.56. The molecule has 0 aliphatic rings. The van der Waals surface area contributed by atoms with Gasteiger partial charge in [0.2, 0.25) is 0 Å². The maximum Gasteiger partial charge on any atom is 0.326 e. The number of nitrogens with one attached hydrogen (secondary N) is 2. The molecule has 0 aliphatic carbocycles. The van der Waals surface area contributed by atoms with Crippen LogP contribution >= 0.6 is 0 Å². The Kier molecular flexibility index (Phi) is 6.55. The minimum atomic E-state index is -1.01. The van der Waals surface area contributed by atoms with Gasteiger partial charge in [0.15, 0.2) is 0 Å². The third-order valence-electron chi connectivity index (χ3n) is 2.85. The number of hydrogen-bond acceptors (Lipinski definition) is 3. The van der Waals surface area contributed by atoms with E-state index in [1.54, 1.807) is 23.1 Å². The van der Waals surface area contributed by atoms with E-state index in [0.29, 0.717) is 13.0 Å². The molecule has 1 unspecified atom stereocenters. The zero-order valence-corrected chi connectivity index (χ0v) is 11.9. The van der Waals surface area contributed by atoms with Crippen LogP contribution in [0.15, 0.2) is 18.5 Å². The van der Waals surface area contributed by atoms with Crippen LogP contribution in [0.5, 0.6) is 0 Å². The number of carbonyl (C=O) groups excluding carboxylic acids is 1. The highest BCUT2D eigenvalue weighted by Gasteiger charge is 2.19. The Balaban J connectivity index is 2.38. The van der Waals surface area contributed by atoms with E-state index >= 15 is 0 Å². The van der Waals surface area contributed by atoms with Gasteiger partial charge in [-0.25, -0.2) is 9.59 Å². The first-order chi connectivity index (χ1) is 9.52. The van der Waals surface area contributed by atoms with Gasteiger partial charge in [0.05, 0.1) is 6.54 Å². The van der Waals surface area contributed by atoms with Crippen LogP contribution in [0.25, 0.3) is 0 Å². The number of carboxylic acid groups (broad SMARTS) is 1. The molecule has 0 fully saturated rings. The summed E-state index contributed by atoms with van der Waals surface area (Å²) in [5, 5.41) is 18.3. The molecule has 1 rings (SSSR count). The second kappa shape index (κ2) is 8.19. The fraction of sp³-hybridized carbons (Fsp3) is 0.615. The molecular formula is C13H22N4O3. The van der Waals surface area contributed by atoms with Gasteiger partial charge >= 0.3 is 12.0 Å². The number of unbranched alkanes of at least 4 members (excludes halogenated alkanes) is 1. The van der Waals surface area contributed by atoms with Gasteiger partial charge in [0.1, 0.15) is 6.04 Å². The Morgan fingerprint density at radius 1 is 1.40 bits per heavy atom. The molecule has 1 aromatic heterocycles. The fourth-order valence-corrected chi connectivity index (χ4v) is 1.82. The largest absolute Gasteiger partial charge is 0.480 e. The quantitative estimate of drug-likeness (QED) is 0.668. The van der Waals surface area contributed by atoms with Crippen LogP contribution in [0.1, 0.15) is 33.1 Å². The molecule has 0 saturated carbocycles. The fourth-order valence-electron chi connectivity index (χ4n) is 1.82. The SMILES string of the molecule is CCCC[C@H](NC(=O)NC(C)Cn1cccn1)C(=O)O. The lowest BCUT2D eigenvalue weighted by Crippen LogP contribution is -2.49. The zero-order chi connectivity index (χ0) is 15.0. The van der Waals surface area contributed by atoms with E-state index in [-0.39, 0.29) is 6.04 Å². The molecule has 0 bridgehead atoms. The highest BCUT2D eigenvalue weighted by Crippen LogP contribution is 2.01. The summed E-state index contributed by atoms with van der Waals surface area (Å²) in [5.41, 5.74) is 0. The maximum absolute atomic E-state index is 11.7. The topological polar surface area (TPSA) is 96.3 Å². The molecule has 2 amide bonds. The molecule has 0 spiro atoms. The second-order valence-electron chi connectivity index (χ2n) is 4.78. The average molecular weight is 282 g/mol. The Morgan fingerprint density at radius 2 is 2.15 bits per heavy atom. The van der Waals surface area contributed by atoms with Crippen molar-refractivity contribution in [3.63, 3.8) is 0 Å². The van der Waals surface area contributed by atoms with Gasteiger partial charge < -0.3 is 15.7 Å². The predicted molar refractivity (Wildman–Crippen MR) is 74.3 cm³/mol. The van der Waals surface area contributed by atoms with Crippen LogP contribution < -0.4 is 10.6 Å². The molecule has 7 nitrogen and oxygen atoms in total. The molecule has 112 valence electrons. The number of urea groups is 1. The lowest BCUT2D eigenvalue weighted by molar-refractivity contribution is -0.139. The second-order valence-corrected chi connectivity index (χ2v) is 4.78. The molecule has 0 saturated heterocycles. The normalized spacial score (nSPS) is 13.5. The first-order valence-electron chi connectivity index (χ1n) is 6.80. The zero-order valence-electron chi connectivity index (χ0n) is 11.9. The molecule has 0 aliphatic heterocycles. The molecule has 3 N–H and O–H groups in total. The van der Waals surface area contributed by atoms with Gasteiger partial charge in [-0.3, -0.25) is 4.68 Å². The lowest BCUT2D eigenvalue weighted by atomic mass is 10.1. The Morgan fingerprint density at radius 3 is 2.70 bits per heavy atom. The number of amides is 2. The number of rotatable bonds is 8. The van der Waals surface area contributed by atoms with E-state index in [0.717, 1.165) is 12.8 Å². The molecule has 1 heterocycles. The van der Waals surface area contributed by atoms with E-state index in [1.165, 1.54) is 0 Å². The molecule has 7 heteroatoms. The van der Waals surface area contributed by atoms with Crippen molar-refractivity contribution in [2.75, 3.05) is 0 Å². The third-order valence-corrected chi connectivity index (χ3v) is 2.85. The van der Waals surface area contributed by atoms with Crippen LogP contribution in [-0.2, 0) is 11.3 Å². The summed E-state index contributed by atoms with van der Waals surface area (Å²) < 4.78 is 1.71.